The molecule has 1 heterocycles. The molecule has 1 aromatic heterocycles. The smallest absolute Gasteiger partial charge is 0.319 e. The average molecular weight is 272 g/mol. The third-order valence-corrected chi connectivity index (χ3v) is 2.76. The summed E-state index contributed by atoms with van der Waals surface area (Å²) in [6, 6.07) is 6.53. The third-order valence-electron chi connectivity index (χ3n) is 2.76. The fourth-order valence-corrected chi connectivity index (χ4v) is 1.72. The molecule has 1 aromatic carbocycles. The summed E-state index contributed by atoms with van der Waals surface area (Å²) in [6.07, 6.45) is 4.00. The molecule has 20 heavy (non-hydrogen) atoms. The van der Waals surface area contributed by atoms with E-state index >= 15 is 0 Å². The van der Waals surface area contributed by atoms with E-state index in [-0.39, 0.29) is 11.8 Å². The summed E-state index contributed by atoms with van der Waals surface area (Å²) in [5.74, 6) is -0.0340. The van der Waals surface area contributed by atoms with Crippen LogP contribution in [-0.4, -0.2) is 28.3 Å². The van der Waals surface area contributed by atoms with Gasteiger partial charge in [0.25, 0.3) is 0 Å². The van der Waals surface area contributed by atoms with Crippen molar-refractivity contribution >= 4 is 17.5 Å². The maximum atomic E-state index is 11.7. The number of carbonyl (C=O) groups is 2. The van der Waals surface area contributed by atoms with Gasteiger partial charge in [0.15, 0.2) is 5.78 Å². The summed E-state index contributed by atoms with van der Waals surface area (Å²) >= 11 is 0. The molecule has 0 atom stereocenters. The molecule has 0 saturated carbocycles. The highest BCUT2D eigenvalue weighted by Crippen LogP contribution is 2.10. The van der Waals surface area contributed by atoms with E-state index in [0.717, 1.165) is 5.69 Å². The fourth-order valence-electron chi connectivity index (χ4n) is 1.72. The predicted octanol–water partition coefficient (Wildman–Crippen LogP) is 1.98. The van der Waals surface area contributed by atoms with Crippen molar-refractivity contribution < 1.29 is 9.59 Å². The van der Waals surface area contributed by atoms with Crippen molar-refractivity contribution in [1.82, 2.24) is 15.3 Å². The molecule has 0 radical (unpaired) electrons. The normalized spacial score (nSPS) is 10.1. The zero-order valence-corrected chi connectivity index (χ0v) is 11.1. The Morgan fingerprint density at radius 1 is 1.35 bits per heavy atom. The Kier molecular flexibility index (Phi) is 4.49. The van der Waals surface area contributed by atoms with Gasteiger partial charge in [-0.15, -0.1) is 0 Å². The summed E-state index contributed by atoms with van der Waals surface area (Å²) in [6.45, 7) is 1.99. The average Bonchev–Trinajstić information content (AvgIpc) is 2.92. The van der Waals surface area contributed by atoms with Crippen LogP contribution in [0.2, 0.25) is 0 Å². The maximum absolute atomic E-state index is 11.7. The van der Waals surface area contributed by atoms with Gasteiger partial charge in [0.05, 0.1) is 6.33 Å². The lowest BCUT2D eigenvalue weighted by Gasteiger charge is -2.07. The number of aromatic nitrogens is 2. The maximum Gasteiger partial charge on any atom is 0.319 e. The van der Waals surface area contributed by atoms with Gasteiger partial charge < -0.3 is 15.6 Å². The number of anilines is 1. The topological polar surface area (TPSA) is 86.9 Å². The standard InChI is InChI=1S/C14H16N4O2/c1-10(19)11-3-2-4-12(7-11)18-14(20)16-6-5-13-8-15-9-17-13/h2-4,7-9H,5-6H2,1H3,(H,15,17)(H2,16,18,20). The van der Waals surface area contributed by atoms with Crippen molar-refractivity contribution in [3.05, 3.63) is 48.0 Å². The van der Waals surface area contributed by atoms with E-state index in [9.17, 15) is 9.59 Å². The molecular formula is C14H16N4O2. The number of imidazole rings is 1. The van der Waals surface area contributed by atoms with Crippen LogP contribution in [0.5, 0.6) is 0 Å². The number of aromatic amines is 1. The zero-order valence-electron chi connectivity index (χ0n) is 11.1. The highest BCUT2D eigenvalue weighted by molar-refractivity contribution is 5.96. The first-order chi connectivity index (χ1) is 9.65. The van der Waals surface area contributed by atoms with Gasteiger partial charge in [-0.25, -0.2) is 9.78 Å². The molecule has 0 aliphatic heterocycles. The van der Waals surface area contributed by atoms with E-state index in [2.05, 4.69) is 20.6 Å². The number of H-pyrrole nitrogens is 1. The minimum atomic E-state index is -0.301. The van der Waals surface area contributed by atoms with Gasteiger partial charge >= 0.3 is 6.03 Å². The molecule has 2 rings (SSSR count). The van der Waals surface area contributed by atoms with Crippen LogP contribution in [0, 0.1) is 0 Å². The van der Waals surface area contributed by atoms with Crippen molar-refractivity contribution in [3.8, 4) is 0 Å². The Bertz CT molecular complexity index is 593. The molecule has 0 aliphatic carbocycles. The number of carbonyl (C=O) groups excluding carboxylic acids is 2. The zero-order chi connectivity index (χ0) is 14.4. The number of nitrogens with zero attached hydrogens (tertiary/aromatic N) is 1. The highest BCUT2D eigenvalue weighted by atomic mass is 16.2. The first kappa shape index (κ1) is 13.8. The summed E-state index contributed by atoms with van der Waals surface area (Å²) in [4.78, 5) is 29.8. The first-order valence-electron chi connectivity index (χ1n) is 6.28. The van der Waals surface area contributed by atoms with E-state index in [1.165, 1.54) is 6.92 Å². The molecule has 6 nitrogen and oxygen atoms in total. The van der Waals surface area contributed by atoms with E-state index < -0.39 is 0 Å². The molecule has 0 aliphatic rings. The van der Waals surface area contributed by atoms with Crippen LogP contribution in [0.4, 0.5) is 10.5 Å². The van der Waals surface area contributed by atoms with Crippen LogP contribution in [-0.2, 0) is 6.42 Å². The van der Waals surface area contributed by atoms with Crippen LogP contribution in [0.1, 0.15) is 23.0 Å². The van der Waals surface area contributed by atoms with Crippen LogP contribution in [0.25, 0.3) is 0 Å². The molecule has 2 amide bonds. The number of hydrogen-bond acceptors (Lipinski definition) is 3. The van der Waals surface area contributed by atoms with Crippen molar-refractivity contribution in [3.63, 3.8) is 0 Å². The number of nitrogens with one attached hydrogen (secondary N) is 3. The number of amides is 2. The molecule has 6 heteroatoms. The largest absolute Gasteiger partial charge is 0.348 e. The summed E-state index contributed by atoms with van der Waals surface area (Å²) in [5, 5.41) is 5.42. The monoisotopic (exact) mass is 272 g/mol. The molecule has 0 bridgehead atoms. The number of benzene rings is 1. The molecule has 0 unspecified atom stereocenters. The molecule has 3 N–H and O–H groups in total. The van der Waals surface area contributed by atoms with Gasteiger partial charge in [0.1, 0.15) is 0 Å². The third kappa shape index (κ3) is 3.94. The molecule has 0 saturated heterocycles. The van der Waals surface area contributed by atoms with E-state index in [1.807, 2.05) is 0 Å². The van der Waals surface area contributed by atoms with Gasteiger partial charge in [-0.3, -0.25) is 4.79 Å². The van der Waals surface area contributed by atoms with Crippen molar-refractivity contribution in [2.24, 2.45) is 0 Å². The summed E-state index contributed by atoms with van der Waals surface area (Å²) < 4.78 is 0. The Balaban J connectivity index is 1.82. The van der Waals surface area contributed by atoms with E-state index in [4.69, 9.17) is 0 Å². The number of hydrogen-bond donors (Lipinski definition) is 3. The van der Waals surface area contributed by atoms with Crippen LogP contribution in [0.15, 0.2) is 36.8 Å². The summed E-state index contributed by atoms with van der Waals surface area (Å²) in [7, 11) is 0. The second-order valence-electron chi connectivity index (χ2n) is 4.34. The molecular weight excluding hydrogens is 256 g/mol. The Morgan fingerprint density at radius 3 is 2.90 bits per heavy atom. The van der Waals surface area contributed by atoms with E-state index in [1.54, 1.807) is 36.8 Å². The minimum absolute atomic E-state index is 0.0340. The highest BCUT2D eigenvalue weighted by Gasteiger charge is 2.04. The SMILES string of the molecule is CC(=O)c1cccc(NC(=O)NCCc2cnc[nH]2)c1. The first-order valence-corrected chi connectivity index (χ1v) is 6.28. The van der Waals surface area contributed by atoms with Gasteiger partial charge in [0, 0.05) is 36.1 Å². The number of Topliss-reactive ketones (excluding diaryl/α,β-unsaturated/α-hetero) is 1. The Hall–Kier alpha value is -2.63. The summed E-state index contributed by atoms with van der Waals surface area (Å²) in [5.41, 5.74) is 2.13. The van der Waals surface area contributed by atoms with Gasteiger partial charge in [-0.2, -0.15) is 0 Å². The molecule has 0 spiro atoms. The molecule has 2 aromatic rings. The van der Waals surface area contributed by atoms with Gasteiger partial charge in [0.2, 0.25) is 0 Å². The van der Waals surface area contributed by atoms with Crippen LogP contribution < -0.4 is 10.6 Å². The second-order valence-corrected chi connectivity index (χ2v) is 4.34. The quantitative estimate of drug-likeness (QED) is 0.727. The number of urea groups is 1. The lowest BCUT2D eigenvalue weighted by atomic mass is 10.1. The van der Waals surface area contributed by atoms with Crippen molar-refractivity contribution in [1.29, 1.82) is 0 Å². The fraction of sp³-hybridized carbons (Fsp3) is 0.214. The van der Waals surface area contributed by atoms with Crippen molar-refractivity contribution in [2.45, 2.75) is 13.3 Å². The Labute approximate surface area is 116 Å². The molecule has 0 fully saturated rings. The predicted molar refractivity (Wildman–Crippen MR) is 75.8 cm³/mol. The Morgan fingerprint density at radius 2 is 2.20 bits per heavy atom. The number of ketones is 1. The lowest BCUT2D eigenvalue weighted by molar-refractivity contribution is 0.101. The van der Waals surface area contributed by atoms with Gasteiger partial charge in [-0.1, -0.05) is 12.1 Å². The van der Waals surface area contributed by atoms with Crippen LogP contribution in [0.3, 0.4) is 0 Å². The molecule has 104 valence electrons. The van der Waals surface area contributed by atoms with Gasteiger partial charge in [-0.05, 0) is 19.1 Å². The lowest BCUT2D eigenvalue weighted by Crippen LogP contribution is -2.30. The van der Waals surface area contributed by atoms with E-state index in [0.29, 0.717) is 24.2 Å². The minimum Gasteiger partial charge on any atom is -0.348 e. The second kappa shape index (κ2) is 6.51. The van der Waals surface area contributed by atoms with Crippen LogP contribution >= 0.6 is 0 Å². The van der Waals surface area contributed by atoms with Crippen molar-refractivity contribution in [2.75, 3.05) is 11.9 Å². The number of rotatable bonds is 5.